The molecule has 6 nitrogen and oxygen atoms in total. The maximum Gasteiger partial charge on any atom is 0.240 e. The van der Waals surface area contributed by atoms with Crippen molar-refractivity contribution in [3.05, 3.63) is 46.7 Å². The predicted molar refractivity (Wildman–Crippen MR) is 76.6 cm³/mol. The first-order chi connectivity index (χ1) is 9.42. The number of aromatic nitrogens is 2. The Labute approximate surface area is 122 Å². The van der Waals surface area contributed by atoms with Crippen molar-refractivity contribution in [1.82, 2.24) is 14.5 Å². The summed E-state index contributed by atoms with van der Waals surface area (Å²) in [6.07, 6.45) is 1.75. The molecular weight excluding hydrogens is 300 g/mol. The van der Waals surface area contributed by atoms with Gasteiger partial charge in [0.15, 0.2) is 0 Å². The minimum Gasteiger partial charge on any atom is -0.326 e. The van der Waals surface area contributed by atoms with Crippen LogP contribution in [0.1, 0.15) is 11.3 Å². The van der Waals surface area contributed by atoms with E-state index in [0.29, 0.717) is 16.3 Å². The highest BCUT2D eigenvalue weighted by Gasteiger charge is 2.15. The van der Waals surface area contributed by atoms with Gasteiger partial charge in [0.2, 0.25) is 10.0 Å². The van der Waals surface area contributed by atoms with Crippen LogP contribution in [-0.4, -0.2) is 18.2 Å². The number of halogens is 1. The zero-order valence-corrected chi connectivity index (χ0v) is 12.4. The Kier molecular flexibility index (Phi) is 4.44. The molecule has 2 aromatic rings. The van der Waals surface area contributed by atoms with E-state index in [4.69, 9.17) is 17.3 Å². The summed E-state index contributed by atoms with van der Waals surface area (Å²) in [5.74, 6) is 0. The average molecular weight is 315 g/mol. The van der Waals surface area contributed by atoms with Crippen LogP contribution < -0.4 is 10.5 Å². The first-order valence-corrected chi connectivity index (χ1v) is 7.75. The summed E-state index contributed by atoms with van der Waals surface area (Å²) in [5.41, 5.74) is 6.83. The maximum absolute atomic E-state index is 12.1. The van der Waals surface area contributed by atoms with E-state index in [-0.39, 0.29) is 18.0 Å². The molecule has 0 saturated heterocycles. The van der Waals surface area contributed by atoms with Crippen molar-refractivity contribution >= 4 is 21.6 Å². The number of rotatable bonds is 5. The summed E-state index contributed by atoms with van der Waals surface area (Å²) >= 11 is 5.97. The molecule has 1 aromatic heterocycles. The van der Waals surface area contributed by atoms with Crippen LogP contribution >= 0.6 is 11.6 Å². The third kappa shape index (κ3) is 3.37. The van der Waals surface area contributed by atoms with Crippen LogP contribution in [0.2, 0.25) is 5.02 Å². The molecular formula is C12H15ClN4O2S. The van der Waals surface area contributed by atoms with Gasteiger partial charge in [0.25, 0.3) is 0 Å². The van der Waals surface area contributed by atoms with Gasteiger partial charge in [-0.05, 0) is 23.8 Å². The van der Waals surface area contributed by atoms with Crippen molar-refractivity contribution in [2.45, 2.75) is 18.0 Å². The third-order valence-corrected chi connectivity index (χ3v) is 4.52. The average Bonchev–Trinajstić information content (AvgIpc) is 2.82. The molecule has 2 rings (SSSR count). The van der Waals surface area contributed by atoms with Gasteiger partial charge >= 0.3 is 0 Å². The topological polar surface area (TPSA) is 90.0 Å². The summed E-state index contributed by atoms with van der Waals surface area (Å²) in [6, 6.07) is 6.23. The molecule has 0 atom stereocenters. The molecule has 108 valence electrons. The second-order valence-corrected chi connectivity index (χ2v) is 6.44. The van der Waals surface area contributed by atoms with Crippen molar-refractivity contribution < 1.29 is 8.42 Å². The summed E-state index contributed by atoms with van der Waals surface area (Å²) in [6.45, 7) is 0.389. The van der Waals surface area contributed by atoms with Gasteiger partial charge in [0.05, 0.1) is 17.1 Å². The fourth-order valence-corrected chi connectivity index (χ4v) is 3.02. The van der Waals surface area contributed by atoms with Gasteiger partial charge in [-0.2, -0.15) is 5.10 Å². The number of nitrogens with zero attached hydrogens (tertiary/aromatic N) is 2. The molecule has 0 bridgehead atoms. The molecule has 0 aliphatic carbocycles. The van der Waals surface area contributed by atoms with Crippen LogP contribution in [0.5, 0.6) is 0 Å². The van der Waals surface area contributed by atoms with Crippen LogP contribution in [0.25, 0.3) is 0 Å². The molecule has 0 aliphatic rings. The second-order valence-electron chi connectivity index (χ2n) is 4.26. The fraction of sp³-hybridized carbons (Fsp3) is 0.250. The van der Waals surface area contributed by atoms with E-state index in [1.54, 1.807) is 30.1 Å². The van der Waals surface area contributed by atoms with E-state index in [1.807, 2.05) is 0 Å². The van der Waals surface area contributed by atoms with Crippen molar-refractivity contribution in [2.24, 2.45) is 12.8 Å². The number of hydrogen-bond donors (Lipinski definition) is 2. The van der Waals surface area contributed by atoms with Gasteiger partial charge in [-0.3, -0.25) is 4.68 Å². The zero-order chi connectivity index (χ0) is 14.8. The van der Waals surface area contributed by atoms with Crippen molar-refractivity contribution in [3.63, 3.8) is 0 Å². The smallest absolute Gasteiger partial charge is 0.240 e. The third-order valence-electron chi connectivity index (χ3n) is 2.77. The Morgan fingerprint density at radius 3 is 2.70 bits per heavy atom. The van der Waals surface area contributed by atoms with Gasteiger partial charge in [0.1, 0.15) is 0 Å². The van der Waals surface area contributed by atoms with Gasteiger partial charge in [-0.15, -0.1) is 0 Å². The number of nitrogens with two attached hydrogens (primary N) is 1. The Morgan fingerprint density at radius 2 is 2.15 bits per heavy atom. The summed E-state index contributed by atoms with van der Waals surface area (Å²) in [4.78, 5) is 0.107. The van der Waals surface area contributed by atoms with Gasteiger partial charge in [0, 0.05) is 24.8 Å². The first kappa shape index (κ1) is 15.0. The molecule has 1 aromatic carbocycles. The molecule has 0 aliphatic heterocycles. The Hall–Kier alpha value is -1.41. The van der Waals surface area contributed by atoms with Crippen LogP contribution in [0.15, 0.2) is 35.4 Å². The zero-order valence-electron chi connectivity index (χ0n) is 10.9. The number of hydrogen-bond acceptors (Lipinski definition) is 4. The lowest BCUT2D eigenvalue weighted by atomic mass is 10.2. The maximum atomic E-state index is 12.1. The molecule has 20 heavy (non-hydrogen) atoms. The summed E-state index contributed by atoms with van der Waals surface area (Å²) in [7, 11) is -1.85. The Bertz CT molecular complexity index is 712. The molecule has 0 saturated carbocycles. The Morgan fingerprint density at radius 1 is 1.40 bits per heavy atom. The van der Waals surface area contributed by atoms with E-state index in [2.05, 4.69) is 9.82 Å². The van der Waals surface area contributed by atoms with Crippen LogP contribution in [0.3, 0.4) is 0 Å². The quantitative estimate of drug-likeness (QED) is 0.862. The van der Waals surface area contributed by atoms with Gasteiger partial charge in [-0.1, -0.05) is 17.7 Å². The number of nitrogens with one attached hydrogen (secondary N) is 1. The molecule has 1 heterocycles. The van der Waals surface area contributed by atoms with E-state index < -0.39 is 10.0 Å². The first-order valence-electron chi connectivity index (χ1n) is 5.89. The molecule has 8 heteroatoms. The molecule has 0 radical (unpaired) electrons. The lowest BCUT2D eigenvalue weighted by molar-refractivity contribution is 0.579. The number of benzene rings is 1. The summed E-state index contributed by atoms with van der Waals surface area (Å²) < 4.78 is 28.3. The lowest BCUT2D eigenvalue weighted by Crippen LogP contribution is -2.23. The summed E-state index contributed by atoms with van der Waals surface area (Å²) in [5, 5.41) is 4.44. The lowest BCUT2D eigenvalue weighted by Gasteiger charge is -2.07. The molecule has 0 spiro atoms. The van der Waals surface area contributed by atoms with Crippen LogP contribution in [0.4, 0.5) is 0 Å². The highest BCUT2D eigenvalue weighted by molar-refractivity contribution is 7.89. The minimum atomic E-state index is -3.62. The SMILES string of the molecule is Cn1ccc(CNS(=O)(=O)c2ccc(CN)c(Cl)c2)n1. The monoisotopic (exact) mass is 314 g/mol. The van der Waals surface area contributed by atoms with Crippen LogP contribution in [-0.2, 0) is 30.2 Å². The normalized spacial score (nSPS) is 11.8. The highest BCUT2D eigenvalue weighted by Crippen LogP contribution is 2.20. The Balaban J connectivity index is 2.15. The van der Waals surface area contributed by atoms with Gasteiger partial charge in [-0.25, -0.2) is 13.1 Å². The number of sulfonamides is 1. The van der Waals surface area contributed by atoms with Crippen molar-refractivity contribution in [1.29, 1.82) is 0 Å². The van der Waals surface area contributed by atoms with E-state index >= 15 is 0 Å². The van der Waals surface area contributed by atoms with E-state index in [9.17, 15) is 8.42 Å². The van der Waals surface area contributed by atoms with E-state index in [1.165, 1.54) is 12.1 Å². The molecule has 0 amide bonds. The van der Waals surface area contributed by atoms with Crippen molar-refractivity contribution in [2.75, 3.05) is 0 Å². The largest absolute Gasteiger partial charge is 0.326 e. The predicted octanol–water partition coefficient (Wildman–Crippen LogP) is 1.01. The van der Waals surface area contributed by atoms with Gasteiger partial charge < -0.3 is 5.73 Å². The van der Waals surface area contributed by atoms with Crippen molar-refractivity contribution in [3.8, 4) is 0 Å². The van der Waals surface area contributed by atoms with Crippen LogP contribution in [0, 0.1) is 0 Å². The molecule has 3 N–H and O–H groups in total. The standard InChI is InChI=1S/C12H15ClN4O2S/c1-17-5-4-10(16-17)8-15-20(18,19)11-3-2-9(7-14)12(13)6-11/h2-6,15H,7-8,14H2,1H3. The highest BCUT2D eigenvalue weighted by atomic mass is 35.5. The number of aryl methyl sites for hydroxylation is 1. The minimum absolute atomic E-state index is 0.107. The van der Waals surface area contributed by atoms with E-state index in [0.717, 1.165) is 0 Å². The fourth-order valence-electron chi connectivity index (χ4n) is 1.67. The second kappa shape index (κ2) is 5.92. The molecule has 0 fully saturated rings. The molecule has 0 unspecified atom stereocenters.